The molecule has 0 saturated carbocycles. The molecule has 1 aromatic heterocycles. The first-order valence-electron chi connectivity index (χ1n) is 10.1. The number of nitrogens with zero attached hydrogens (tertiary/aromatic N) is 2. The summed E-state index contributed by atoms with van der Waals surface area (Å²) in [6.07, 6.45) is 0.550. The summed E-state index contributed by atoms with van der Waals surface area (Å²) in [5, 5.41) is 4.83. The molecule has 158 valence electrons. The third kappa shape index (κ3) is 4.51. The van der Waals surface area contributed by atoms with Gasteiger partial charge < -0.3 is 10.2 Å². The Hall–Kier alpha value is -3.45. The van der Waals surface area contributed by atoms with E-state index in [0.717, 1.165) is 0 Å². The fraction of sp³-hybridized carbons (Fsp3) is 0.208. The number of carbonyl (C=O) groups excluding carboxylic acids is 3. The van der Waals surface area contributed by atoms with E-state index < -0.39 is 6.04 Å². The highest BCUT2D eigenvalue weighted by Gasteiger charge is 2.46. The Morgan fingerprint density at radius 3 is 2.32 bits per heavy atom. The molecule has 0 unspecified atom stereocenters. The van der Waals surface area contributed by atoms with E-state index in [1.807, 2.05) is 42.6 Å². The largest absolute Gasteiger partial charge is 0.332 e. The Labute approximate surface area is 185 Å². The van der Waals surface area contributed by atoms with Gasteiger partial charge in [-0.2, -0.15) is 0 Å². The van der Waals surface area contributed by atoms with Crippen LogP contribution in [0.2, 0.25) is 0 Å². The van der Waals surface area contributed by atoms with Gasteiger partial charge in [0, 0.05) is 17.1 Å². The van der Waals surface area contributed by atoms with Crippen LogP contribution in [0.5, 0.6) is 0 Å². The molecular weight excluding hydrogens is 410 g/mol. The highest BCUT2D eigenvalue weighted by molar-refractivity contribution is 7.10. The summed E-state index contributed by atoms with van der Waals surface area (Å²) in [7, 11) is 0. The molecular formula is C24H23N3O3S. The monoisotopic (exact) mass is 433 g/mol. The fourth-order valence-corrected chi connectivity index (χ4v) is 4.59. The minimum absolute atomic E-state index is 0.0910. The van der Waals surface area contributed by atoms with E-state index >= 15 is 0 Å². The summed E-state index contributed by atoms with van der Waals surface area (Å²) >= 11 is 1.63. The van der Waals surface area contributed by atoms with Crippen molar-refractivity contribution in [1.29, 1.82) is 0 Å². The molecule has 0 radical (unpaired) electrons. The number of amides is 4. The number of nitrogens with one attached hydrogen (secondary N) is 1. The first-order valence-corrected chi connectivity index (χ1v) is 11.0. The second-order valence-corrected chi connectivity index (χ2v) is 8.40. The lowest BCUT2D eigenvalue weighted by atomic mass is 10.1. The topological polar surface area (TPSA) is 69.7 Å². The van der Waals surface area contributed by atoms with E-state index in [2.05, 4.69) is 5.32 Å². The zero-order chi connectivity index (χ0) is 21.8. The lowest BCUT2D eigenvalue weighted by Crippen LogP contribution is -2.39. The quantitative estimate of drug-likeness (QED) is 0.559. The smallest absolute Gasteiger partial charge is 0.326 e. The van der Waals surface area contributed by atoms with Gasteiger partial charge in [0.05, 0.1) is 12.1 Å². The van der Waals surface area contributed by atoms with Gasteiger partial charge in [0.2, 0.25) is 5.91 Å². The van der Waals surface area contributed by atoms with Crippen molar-refractivity contribution in [2.75, 3.05) is 16.8 Å². The lowest BCUT2D eigenvalue weighted by molar-refractivity contribution is -0.124. The fourth-order valence-electron chi connectivity index (χ4n) is 3.69. The number of imide groups is 1. The molecule has 0 bridgehead atoms. The molecule has 0 aliphatic carbocycles. The molecule has 0 spiro atoms. The number of carbonyl (C=O) groups is 3. The predicted octanol–water partition coefficient (Wildman–Crippen LogP) is 4.47. The first-order chi connectivity index (χ1) is 15.0. The first kappa shape index (κ1) is 20.8. The van der Waals surface area contributed by atoms with Crippen molar-refractivity contribution >= 4 is 40.6 Å². The molecule has 4 rings (SSSR count). The zero-order valence-electron chi connectivity index (χ0n) is 17.2. The average molecular weight is 434 g/mol. The van der Waals surface area contributed by atoms with Crippen LogP contribution in [0.15, 0.2) is 72.1 Å². The molecule has 31 heavy (non-hydrogen) atoms. The highest BCUT2D eigenvalue weighted by atomic mass is 32.1. The van der Waals surface area contributed by atoms with Crippen molar-refractivity contribution in [3.05, 3.63) is 82.6 Å². The van der Waals surface area contributed by atoms with E-state index in [-0.39, 0.29) is 24.3 Å². The van der Waals surface area contributed by atoms with Crippen LogP contribution in [0, 0.1) is 6.92 Å². The van der Waals surface area contributed by atoms with Crippen molar-refractivity contribution in [1.82, 2.24) is 4.90 Å². The molecule has 1 fully saturated rings. The third-order valence-corrected chi connectivity index (χ3v) is 6.40. The zero-order valence-corrected chi connectivity index (χ0v) is 18.0. The van der Waals surface area contributed by atoms with Crippen LogP contribution in [-0.4, -0.2) is 35.3 Å². The number of hydrogen-bond donors (Lipinski definition) is 1. The summed E-state index contributed by atoms with van der Waals surface area (Å²) in [6, 6.07) is 18.7. The maximum Gasteiger partial charge on any atom is 0.332 e. The number of para-hydroxylation sites is 2. The Bertz CT molecular complexity index is 1080. The van der Waals surface area contributed by atoms with Crippen molar-refractivity contribution < 1.29 is 14.4 Å². The molecule has 3 aromatic rings. The van der Waals surface area contributed by atoms with Crippen molar-refractivity contribution in [3.8, 4) is 0 Å². The van der Waals surface area contributed by atoms with Gasteiger partial charge in [-0.3, -0.25) is 9.59 Å². The molecule has 2 aromatic carbocycles. The number of benzene rings is 2. The van der Waals surface area contributed by atoms with Gasteiger partial charge in [-0.1, -0.05) is 36.4 Å². The van der Waals surface area contributed by atoms with Gasteiger partial charge in [-0.25, -0.2) is 9.69 Å². The molecule has 1 aliphatic heterocycles. The number of hydrogen-bond acceptors (Lipinski definition) is 4. The predicted molar refractivity (Wildman–Crippen MR) is 122 cm³/mol. The number of urea groups is 1. The number of rotatable bonds is 7. The van der Waals surface area contributed by atoms with Crippen molar-refractivity contribution in [2.24, 2.45) is 0 Å². The second-order valence-electron chi connectivity index (χ2n) is 7.40. The SMILES string of the molecule is Cc1ccsc1CCN1C(=O)N(c2ccccc2)C(=O)[C@@H]1CC(=O)Nc1ccccc1. The van der Waals surface area contributed by atoms with E-state index in [9.17, 15) is 14.4 Å². The van der Waals surface area contributed by atoms with Gasteiger partial charge in [0.25, 0.3) is 5.91 Å². The average Bonchev–Trinajstić information content (AvgIpc) is 3.28. The summed E-state index contributed by atoms with van der Waals surface area (Å²) in [4.78, 5) is 43.0. The Morgan fingerprint density at radius 2 is 1.68 bits per heavy atom. The normalized spacial score (nSPS) is 16.1. The molecule has 1 saturated heterocycles. The van der Waals surface area contributed by atoms with Crippen LogP contribution < -0.4 is 10.2 Å². The summed E-state index contributed by atoms with van der Waals surface area (Å²) < 4.78 is 0. The van der Waals surface area contributed by atoms with Gasteiger partial charge >= 0.3 is 6.03 Å². The van der Waals surface area contributed by atoms with Crippen LogP contribution in [0.3, 0.4) is 0 Å². The van der Waals surface area contributed by atoms with E-state index in [1.165, 1.54) is 20.2 Å². The summed E-state index contributed by atoms with van der Waals surface area (Å²) in [5.74, 6) is -0.674. The molecule has 7 heteroatoms. The van der Waals surface area contributed by atoms with Crippen LogP contribution in [-0.2, 0) is 16.0 Å². The van der Waals surface area contributed by atoms with Gasteiger partial charge in [-0.05, 0) is 54.6 Å². The molecule has 6 nitrogen and oxygen atoms in total. The van der Waals surface area contributed by atoms with E-state index in [1.54, 1.807) is 47.7 Å². The number of anilines is 2. The second kappa shape index (κ2) is 9.14. The van der Waals surface area contributed by atoms with Gasteiger partial charge in [0.1, 0.15) is 6.04 Å². The minimum atomic E-state index is -0.836. The third-order valence-electron chi connectivity index (χ3n) is 5.32. The van der Waals surface area contributed by atoms with Crippen LogP contribution in [0.4, 0.5) is 16.2 Å². The van der Waals surface area contributed by atoms with Crippen LogP contribution >= 0.6 is 11.3 Å². The number of thiophene rings is 1. The van der Waals surface area contributed by atoms with Crippen molar-refractivity contribution in [2.45, 2.75) is 25.8 Å². The number of aryl methyl sites for hydroxylation is 1. The minimum Gasteiger partial charge on any atom is -0.326 e. The van der Waals surface area contributed by atoms with Crippen LogP contribution in [0.1, 0.15) is 16.9 Å². The highest BCUT2D eigenvalue weighted by Crippen LogP contribution is 2.28. The van der Waals surface area contributed by atoms with Crippen LogP contribution in [0.25, 0.3) is 0 Å². The Morgan fingerprint density at radius 1 is 1.00 bits per heavy atom. The molecule has 4 amide bonds. The molecule has 1 aliphatic rings. The molecule has 1 N–H and O–H groups in total. The lowest BCUT2D eigenvalue weighted by Gasteiger charge is -2.21. The molecule has 2 heterocycles. The summed E-state index contributed by atoms with van der Waals surface area (Å²) in [5.41, 5.74) is 2.34. The Balaban J connectivity index is 1.55. The Kier molecular flexibility index (Phi) is 6.13. The van der Waals surface area contributed by atoms with E-state index in [0.29, 0.717) is 24.3 Å². The van der Waals surface area contributed by atoms with Gasteiger partial charge in [0.15, 0.2) is 0 Å². The maximum atomic E-state index is 13.2. The van der Waals surface area contributed by atoms with E-state index in [4.69, 9.17) is 0 Å². The standard InChI is InChI=1S/C24H23N3O3S/c1-17-13-15-31-21(17)12-14-26-20(16-22(28)25-18-8-4-2-5-9-18)23(29)27(24(26)30)19-10-6-3-7-11-19/h2-11,13,15,20H,12,14,16H2,1H3,(H,25,28)/t20-/m0/s1. The molecule has 1 atom stereocenters. The maximum absolute atomic E-state index is 13.2. The van der Waals surface area contributed by atoms with Crippen molar-refractivity contribution in [3.63, 3.8) is 0 Å². The summed E-state index contributed by atoms with van der Waals surface area (Å²) in [6.45, 7) is 2.41. The van der Waals surface area contributed by atoms with Gasteiger partial charge in [-0.15, -0.1) is 11.3 Å².